The second-order valence-corrected chi connectivity index (χ2v) is 6.58. The van der Waals surface area contributed by atoms with Crippen LogP contribution in [0.25, 0.3) is 5.69 Å². The Kier molecular flexibility index (Phi) is 5.01. The lowest BCUT2D eigenvalue weighted by Gasteiger charge is -2.14. The fourth-order valence-electron chi connectivity index (χ4n) is 1.99. The van der Waals surface area contributed by atoms with Crippen LogP contribution < -0.4 is 5.32 Å². The van der Waals surface area contributed by atoms with Gasteiger partial charge in [0.1, 0.15) is 16.5 Å². The summed E-state index contributed by atoms with van der Waals surface area (Å²) in [5, 5.41) is 11.9. The summed E-state index contributed by atoms with van der Waals surface area (Å²) in [4.78, 5) is 4.09. The summed E-state index contributed by atoms with van der Waals surface area (Å²) >= 11 is 5.95. The highest BCUT2D eigenvalue weighted by Gasteiger charge is 2.17. The summed E-state index contributed by atoms with van der Waals surface area (Å²) in [6, 6.07) is 2.00. The van der Waals surface area contributed by atoms with Gasteiger partial charge in [0.15, 0.2) is 0 Å². The molecule has 7 heteroatoms. The molecule has 0 aliphatic heterocycles. The van der Waals surface area contributed by atoms with E-state index in [4.69, 9.17) is 11.6 Å². The molecule has 0 atom stereocenters. The lowest BCUT2D eigenvalue weighted by atomic mass is 10.0. The zero-order valence-electron chi connectivity index (χ0n) is 13.3. The monoisotopic (exact) mass is 325 g/mol. The van der Waals surface area contributed by atoms with Gasteiger partial charge >= 0.3 is 0 Å². The van der Waals surface area contributed by atoms with Gasteiger partial charge in [-0.1, -0.05) is 16.8 Å². The minimum Gasteiger partial charge on any atom is -0.381 e. The van der Waals surface area contributed by atoms with Crippen molar-refractivity contribution >= 4 is 17.3 Å². The van der Waals surface area contributed by atoms with E-state index in [-0.39, 0.29) is 6.04 Å². The van der Waals surface area contributed by atoms with Crippen LogP contribution in [0.1, 0.15) is 39.8 Å². The first kappa shape index (κ1) is 16.7. The molecule has 1 N–H and O–H groups in total. The second-order valence-electron chi connectivity index (χ2n) is 6.20. The third-order valence-corrected chi connectivity index (χ3v) is 3.26. The van der Waals surface area contributed by atoms with Crippen molar-refractivity contribution in [3.05, 3.63) is 29.3 Å². The summed E-state index contributed by atoms with van der Waals surface area (Å²) in [7, 11) is 0. The van der Waals surface area contributed by atoms with Crippen LogP contribution in [0.3, 0.4) is 0 Å². The lowest BCUT2D eigenvalue weighted by Crippen LogP contribution is -2.13. The number of pyridine rings is 1. The molecule has 0 amide bonds. The number of nitrogens with one attached hydrogen (secondary N) is 1. The Bertz CT molecular complexity index is 633. The molecule has 22 heavy (non-hydrogen) atoms. The van der Waals surface area contributed by atoms with Crippen molar-refractivity contribution in [1.29, 1.82) is 0 Å². The number of nitrogens with zero attached hydrogens (tertiary/aromatic N) is 4. The standard InChI is InChI=1S/C15H21ClFN5/c1-10(2)19-12-7-14(16)18-8-13(12)22-9-11(20-21-22)5-6-15(3,4)17/h7-10H,5-6H2,1-4H3,(H,18,19). The molecule has 0 radical (unpaired) electrons. The molecule has 120 valence electrons. The molecule has 0 aliphatic carbocycles. The summed E-state index contributed by atoms with van der Waals surface area (Å²) in [6.45, 7) is 7.19. The number of rotatable bonds is 6. The van der Waals surface area contributed by atoms with Crippen LogP contribution in [0.2, 0.25) is 5.15 Å². The highest BCUT2D eigenvalue weighted by molar-refractivity contribution is 6.29. The SMILES string of the molecule is CC(C)Nc1cc(Cl)ncc1-n1cc(CCC(C)(C)F)nn1. The van der Waals surface area contributed by atoms with Crippen molar-refractivity contribution in [2.24, 2.45) is 0 Å². The van der Waals surface area contributed by atoms with E-state index in [2.05, 4.69) is 20.6 Å². The Labute approximate surface area is 134 Å². The predicted molar refractivity (Wildman–Crippen MR) is 86.4 cm³/mol. The van der Waals surface area contributed by atoms with Crippen LogP contribution in [0.5, 0.6) is 0 Å². The van der Waals surface area contributed by atoms with Gasteiger partial charge < -0.3 is 5.32 Å². The van der Waals surface area contributed by atoms with Gasteiger partial charge in [0.2, 0.25) is 0 Å². The fourth-order valence-corrected chi connectivity index (χ4v) is 2.15. The second kappa shape index (κ2) is 6.60. The minimum atomic E-state index is -1.21. The zero-order chi connectivity index (χ0) is 16.3. The van der Waals surface area contributed by atoms with Crippen LogP contribution >= 0.6 is 11.6 Å². The number of halogens is 2. The lowest BCUT2D eigenvalue weighted by molar-refractivity contribution is 0.201. The number of anilines is 1. The average Bonchev–Trinajstić information content (AvgIpc) is 2.83. The van der Waals surface area contributed by atoms with Crippen LogP contribution in [-0.4, -0.2) is 31.7 Å². The van der Waals surface area contributed by atoms with Crippen molar-refractivity contribution in [3.8, 4) is 5.69 Å². The molecule has 0 unspecified atom stereocenters. The van der Waals surface area contributed by atoms with E-state index in [0.717, 1.165) is 17.1 Å². The maximum Gasteiger partial charge on any atom is 0.131 e. The van der Waals surface area contributed by atoms with Gasteiger partial charge in [0, 0.05) is 12.1 Å². The molecule has 0 spiro atoms. The number of aryl methyl sites for hydroxylation is 1. The first-order valence-electron chi connectivity index (χ1n) is 7.27. The molecule has 2 aromatic heterocycles. The molecule has 2 heterocycles. The number of hydrogen-bond donors (Lipinski definition) is 1. The molecule has 2 rings (SSSR count). The molecular weight excluding hydrogens is 305 g/mol. The van der Waals surface area contributed by atoms with Gasteiger partial charge in [-0.2, -0.15) is 0 Å². The van der Waals surface area contributed by atoms with E-state index in [1.165, 1.54) is 0 Å². The number of aromatic nitrogens is 4. The van der Waals surface area contributed by atoms with E-state index in [9.17, 15) is 4.39 Å². The molecule has 0 saturated heterocycles. The number of hydrogen-bond acceptors (Lipinski definition) is 4. The highest BCUT2D eigenvalue weighted by atomic mass is 35.5. The van der Waals surface area contributed by atoms with Crippen LogP contribution in [0, 0.1) is 0 Å². The molecule has 0 aliphatic rings. The molecule has 0 saturated carbocycles. The quantitative estimate of drug-likeness (QED) is 0.820. The van der Waals surface area contributed by atoms with Crippen LogP contribution in [0.4, 0.5) is 10.1 Å². The Morgan fingerprint density at radius 2 is 2.14 bits per heavy atom. The van der Waals surface area contributed by atoms with Crippen molar-refractivity contribution < 1.29 is 4.39 Å². The Hall–Kier alpha value is -1.69. The summed E-state index contributed by atoms with van der Waals surface area (Å²) in [6.07, 6.45) is 4.38. The summed E-state index contributed by atoms with van der Waals surface area (Å²) in [5.74, 6) is 0. The largest absolute Gasteiger partial charge is 0.381 e. The smallest absolute Gasteiger partial charge is 0.131 e. The van der Waals surface area contributed by atoms with Crippen molar-refractivity contribution in [1.82, 2.24) is 20.0 Å². The third-order valence-electron chi connectivity index (χ3n) is 3.06. The third kappa shape index (κ3) is 4.66. The van der Waals surface area contributed by atoms with E-state index < -0.39 is 5.67 Å². The number of alkyl halides is 1. The average molecular weight is 326 g/mol. The molecule has 2 aromatic rings. The zero-order valence-corrected chi connectivity index (χ0v) is 14.0. The molecule has 5 nitrogen and oxygen atoms in total. The summed E-state index contributed by atoms with van der Waals surface area (Å²) < 4.78 is 15.2. The van der Waals surface area contributed by atoms with Gasteiger partial charge in [-0.3, -0.25) is 0 Å². The van der Waals surface area contributed by atoms with Crippen LogP contribution in [-0.2, 0) is 6.42 Å². The van der Waals surface area contributed by atoms with E-state index >= 15 is 0 Å². The first-order valence-corrected chi connectivity index (χ1v) is 7.65. The van der Waals surface area contributed by atoms with Gasteiger partial charge in [-0.15, -0.1) is 5.10 Å². The maximum atomic E-state index is 13.6. The Morgan fingerprint density at radius 3 is 2.77 bits per heavy atom. The van der Waals surface area contributed by atoms with Gasteiger partial charge in [0.25, 0.3) is 0 Å². The normalized spacial score (nSPS) is 12.0. The summed E-state index contributed by atoms with van der Waals surface area (Å²) in [5.41, 5.74) is 1.13. The Morgan fingerprint density at radius 1 is 1.41 bits per heavy atom. The highest BCUT2D eigenvalue weighted by Crippen LogP contribution is 2.23. The van der Waals surface area contributed by atoms with E-state index in [1.54, 1.807) is 37.0 Å². The molecule has 0 fully saturated rings. The molecular formula is C15H21ClFN5. The van der Waals surface area contributed by atoms with Crippen molar-refractivity contribution in [2.45, 2.75) is 52.2 Å². The first-order chi connectivity index (χ1) is 10.2. The van der Waals surface area contributed by atoms with Crippen molar-refractivity contribution in [2.75, 3.05) is 5.32 Å². The minimum absolute atomic E-state index is 0.243. The van der Waals surface area contributed by atoms with E-state index in [0.29, 0.717) is 18.0 Å². The van der Waals surface area contributed by atoms with Gasteiger partial charge in [-0.25, -0.2) is 14.1 Å². The van der Waals surface area contributed by atoms with Gasteiger partial charge in [0.05, 0.1) is 23.8 Å². The maximum absolute atomic E-state index is 13.6. The van der Waals surface area contributed by atoms with E-state index in [1.807, 2.05) is 13.8 Å². The molecule has 0 aromatic carbocycles. The Balaban J connectivity index is 2.23. The predicted octanol–water partition coefficient (Wildman–Crippen LogP) is 3.82. The fraction of sp³-hybridized carbons (Fsp3) is 0.533. The topological polar surface area (TPSA) is 55.6 Å². The van der Waals surface area contributed by atoms with Crippen molar-refractivity contribution in [3.63, 3.8) is 0 Å². The van der Waals surface area contributed by atoms with Crippen LogP contribution in [0.15, 0.2) is 18.5 Å². The van der Waals surface area contributed by atoms with Gasteiger partial charge in [-0.05, 0) is 40.5 Å². The molecule has 0 bridgehead atoms.